The van der Waals surface area contributed by atoms with Gasteiger partial charge in [-0.2, -0.15) is 0 Å². The van der Waals surface area contributed by atoms with Gasteiger partial charge in [0, 0.05) is 12.1 Å². The van der Waals surface area contributed by atoms with E-state index in [2.05, 4.69) is 34.3 Å². The SMILES string of the molecule is CCCCCCCCNC1CCN(CCCCCCCCCCN2CCC(NCCCCCCCC)CC2)CC1. The summed E-state index contributed by atoms with van der Waals surface area (Å²) in [5.41, 5.74) is 0. The lowest BCUT2D eigenvalue weighted by Crippen LogP contribution is -2.43. The third kappa shape index (κ3) is 19.9. The first-order valence-electron chi connectivity index (χ1n) is 18.7. The van der Waals surface area contributed by atoms with E-state index in [1.54, 1.807) is 0 Å². The molecular formula is C36H74N4. The molecule has 0 saturated carbocycles. The molecule has 2 heterocycles. The molecule has 0 bridgehead atoms. The molecule has 238 valence electrons. The summed E-state index contributed by atoms with van der Waals surface area (Å²) in [5.74, 6) is 0. The maximum Gasteiger partial charge on any atom is 0.00914 e. The summed E-state index contributed by atoms with van der Waals surface area (Å²) in [7, 11) is 0. The van der Waals surface area contributed by atoms with Crippen molar-refractivity contribution in [3.8, 4) is 0 Å². The van der Waals surface area contributed by atoms with Crippen LogP contribution in [-0.2, 0) is 0 Å². The van der Waals surface area contributed by atoms with E-state index < -0.39 is 0 Å². The van der Waals surface area contributed by atoms with E-state index in [-0.39, 0.29) is 0 Å². The van der Waals surface area contributed by atoms with Gasteiger partial charge in [0.1, 0.15) is 0 Å². The Labute approximate surface area is 252 Å². The molecule has 0 aromatic heterocycles. The van der Waals surface area contributed by atoms with Crippen LogP contribution in [0.2, 0.25) is 0 Å². The molecule has 2 fully saturated rings. The van der Waals surface area contributed by atoms with Crippen LogP contribution in [-0.4, -0.2) is 74.2 Å². The monoisotopic (exact) mass is 563 g/mol. The lowest BCUT2D eigenvalue weighted by Gasteiger charge is -2.32. The van der Waals surface area contributed by atoms with E-state index in [0.29, 0.717) is 0 Å². The van der Waals surface area contributed by atoms with Crippen LogP contribution in [0.15, 0.2) is 0 Å². The first-order chi connectivity index (χ1) is 19.8. The van der Waals surface area contributed by atoms with Crippen LogP contribution in [0.3, 0.4) is 0 Å². The van der Waals surface area contributed by atoms with Gasteiger partial charge < -0.3 is 20.4 Å². The first kappa shape index (κ1) is 36.0. The Hall–Kier alpha value is -0.160. The molecule has 0 spiro atoms. The van der Waals surface area contributed by atoms with Crippen LogP contribution in [0.1, 0.15) is 168 Å². The van der Waals surface area contributed by atoms with Crippen LogP contribution >= 0.6 is 0 Å². The summed E-state index contributed by atoms with van der Waals surface area (Å²) in [6.07, 6.45) is 33.9. The first-order valence-corrected chi connectivity index (χ1v) is 18.7. The van der Waals surface area contributed by atoms with Gasteiger partial charge in [0.2, 0.25) is 0 Å². The maximum absolute atomic E-state index is 3.84. The Balaban J connectivity index is 1.27. The minimum absolute atomic E-state index is 0.787. The van der Waals surface area contributed by atoms with Gasteiger partial charge in [-0.1, -0.05) is 117 Å². The zero-order valence-electron chi connectivity index (χ0n) is 27.7. The van der Waals surface area contributed by atoms with Crippen molar-refractivity contribution in [2.75, 3.05) is 52.4 Å². The molecule has 0 aromatic carbocycles. The topological polar surface area (TPSA) is 30.5 Å². The van der Waals surface area contributed by atoms with Gasteiger partial charge in [0.05, 0.1) is 0 Å². The second kappa shape index (κ2) is 26.5. The van der Waals surface area contributed by atoms with E-state index >= 15 is 0 Å². The molecule has 2 aliphatic rings. The highest BCUT2D eigenvalue weighted by molar-refractivity contribution is 4.78. The van der Waals surface area contributed by atoms with Gasteiger partial charge in [-0.05, 0) is 104 Å². The van der Waals surface area contributed by atoms with Gasteiger partial charge >= 0.3 is 0 Å². The standard InChI is InChI=1S/C36H74N4/c1-3-5-7-9-15-19-27-37-35-23-31-39(32-24-35)29-21-17-13-11-12-14-18-22-30-40-33-25-36(26-34-40)38-28-20-16-10-8-6-4-2/h35-38H,3-34H2,1-2H3. The molecule has 2 N–H and O–H groups in total. The number of likely N-dealkylation sites (tertiary alicyclic amines) is 2. The molecule has 4 heteroatoms. The van der Waals surface area contributed by atoms with E-state index in [4.69, 9.17) is 0 Å². The third-order valence-corrected chi connectivity index (χ3v) is 9.80. The molecule has 0 radical (unpaired) electrons. The largest absolute Gasteiger partial charge is 0.314 e. The minimum Gasteiger partial charge on any atom is -0.314 e. The number of hydrogen-bond acceptors (Lipinski definition) is 4. The molecule has 4 nitrogen and oxygen atoms in total. The van der Waals surface area contributed by atoms with Crippen molar-refractivity contribution < 1.29 is 0 Å². The lowest BCUT2D eigenvalue weighted by molar-refractivity contribution is 0.193. The number of piperidine rings is 2. The Kier molecular flexibility index (Phi) is 23.8. The third-order valence-electron chi connectivity index (χ3n) is 9.80. The summed E-state index contributed by atoms with van der Waals surface area (Å²) < 4.78 is 0. The fraction of sp³-hybridized carbons (Fsp3) is 1.00. The maximum atomic E-state index is 3.84. The minimum atomic E-state index is 0.787. The Bertz CT molecular complexity index is 465. The number of rotatable bonds is 27. The number of hydrogen-bond donors (Lipinski definition) is 2. The normalized spacial score (nSPS) is 18.1. The van der Waals surface area contributed by atoms with Crippen molar-refractivity contribution in [1.29, 1.82) is 0 Å². The van der Waals surface area contributed by atoms with E-state index in [1.165, 1.54) is 206 Å². The van der Waals surface area contributed by atoms with Crippen LogP contribution in [0.4, 0.5) is 0 Å². The molecule has 2 saturated heterocycles. The summed E-state index contributed by atoms with van der Waals surface area (Å²) in [5, 5.41) is 7.68. The van der Waals surface area contributed by atoms with Gasteiger partial charge in [-0.3, -0.25) is 0 Å². The Morgan fingerprint density at radius 2 is 0.700 bits per heavy atom. The summed E-state index contributed by atoms with van der Waals surface area (Å²) in [6, 6.07) is 1.57. The second-order valence-corrected chi connectivity index (χ2v) is 13.5. The molecular weight excluding hydrogens is 488 g/mol. The molecule has 0 aromatic rings. The molecule has 2 rings (SSSR count). The van der Waals surface area contributed by atoms with Crippen molar-refractivity contribution in [2.45, 2.75) is 180 Å². The van der Waals surface area contributed by atoms with Crippen LogP contribution in [0.25, 0.3) is 0 Å². The zero-order valence-corrected chi connectivity index (χ0v) is 27.7. The smallest absolute Gasteiger partial charge is 0.00914 e. The molecule has 0 amide bonds. The van der Waals surface area contributed by atoms with Crippen LogP contribution in [0, 0.1) is 0 Å². The van der Waals surface area contributed by atoms with Crippen molar-refractivity contribution in [3.63, 3.8) is 0 Å². The molecule has 0 aliphatic carbocycles. The lowest BCUT2D eigenvalue weighted by atomic mass is 10.0. The predicted molar refractivity (Wildman–Crippen MR) is 179 cm³/mol. The molecule has 2 aliphatic heterocycles. The number of nitrogens with one attached hydrogen (secondary N) is 2. The molecule has 0 unspecified atom stereocenters. The van der Waals surface area contributed by atoms with Gasteiger partial charge in [-0.15, -0.1) is 0 Å². The number of nitrogens with zero attached hydrogens (tertiary/aromatic N) is 2. The van der Waals surface area contributed by atoms with E-state index in [1.807, 2.05) is 0 Å². The molecule has 40 heavy (non-hydrogen) atoms. The summed E-state index contributed by atoms with van der Waals surface area (Å²) >= 11 is 0. The predicted octanol–water partition coefficient (Wildman–Crippen LogP) is 8.94. The average Bonchev–Trinajstić information content (AvgIpc) is 2.98. The van der Waals surface area contributed by atoms with Gasteiger partial charge in [0.25, 0.3) is 0 Å². The fourth-order valence-corrected chi connectivity index (χ4v) is 6.88. The molecule has 0 atom stereocenters. The number of unbranched alkanes of at least 4 members (excludes halogenated alkanes) is 17. The van der Waals surface area contributed by atoms with Crippen molar-refractivity contribution >= 4 is 0 Å². The van der Waals surface area contributed by atoms with Gasteiger partial charge in [-0.25, -0.2) is 0 Å². The highest BCUT2D eigenvalue weighted by Crippen LogP contribution is 2.15. The highest BCUT2D eigenvalue weighted by atomic mass is 15.1. The van der Waals surface area contributed by atoms with E-state index in [9.17, 15) is 0 Å². The second-order valence-electron chi connectivity index (χ2n) is 13.5. The Morgan fingerprint density at radius 3 is 1.05 bits per heavy atom. The van der Waals surface area contributed by atoms with Crippen molar-refractivity contribution in [3.05, 3.63) is 0 Å². The summed E-state index contributed by atoms with van der Waals surface area (Å²) in [4.78, 5) is 5.47. The summed E-state index contributed by atoms with van der Waals surface area (Å²) in [6.45, 7) is 15.1. The Morgan fingerprint density at radius 1 is 0.400 bits per heavy atom. The quantitative estimate of drug-likeness (QED) is 0.0978. The average molecular weight is 563 g/mol. The van der Waals surface area contributed by atoms with Gasteiger partial charge in [0.15, 0.2) is 0 Å². The van der Waals surface area contributed by atoms with Crippen molar-refractivity contribution in [1.82, 2.24) is 20.4 Å². The van der Waals surface area contributed by atoms with Crippen LogP contribution in [0.5, 0.6) is 0 Å². The van der Waals surface area contributed by atoms with Crippen LogP contribution < -0.4 is 10.6 Å². The van der Waals surface area contributed by atoms with E-state index in [0.717, 1.165) is 12.1 Å². The fourth-order valence-electron chi connectivity index (χ4n) is 6.88. The highest BCUT2D eigenvalue weighted by Gasteiger charge is 2.19. The zero-order chi connectivity index (χ0) is 28.4. The van der Waals surface area contributed by atoms with Crippen molar-refractivity contribution in [2.24, 2.45) is 0 Å².